The molecule has 0 spiro atoms. The van der Waals surface area contributed by atoms with E-state index in [1.165, 1.54) is 0 Å². The van der Waals surface area contributed by atoms with E-state index < -0.39 is 0 Å². The highest BCUT2D eigenvalue weighted by Crippen LogP contribution is 2.23. The van der Waals surface area contributed by atoms with Crippen molar-refractivity contribution in [3.05, 3.63) is 29.3 Å². The Labute approximate surface area is 155 Å². The molecule has 0 saturated carbocycles. The van der Waals surface area contributed by atoms with Gasteiger partial charge in [0.15, 0.2) is 0 Å². The summed E-state index contributed by atoms with van der Waals surface area (Å²) in [4.78, 5) is 12.1. The number of benzene rings is 1. The molecule has 0 bridgehead atoms. The monoisotopic (exact) mass is 370 g/mol. The van der Waals surface area contributed by atoms with E-state index in [9.17, 15) is 4.79 Å². The summed E-state index contributed by atoms with van der Waals surface area (Å²) in [7, 11) is 0. The van der Waals surface area contributed by atoms with E-state index in [4.69, 9.17) is 14.2 Å². The lowest BCUT2D eigenvalue weighted by atomic mass is 10.1. The minimum atomic E-state index is 0. The molecule has 2 unspecified atom stereocenters. The molecule has 140 valence electrons. The van der Waals surface area contributed by atoms with Gasteiger partial charge in [0.2, 0.25) is 5.91 Å². The smallest absolute Gasteiger partial charge is 0.221 e. The van der Waals surface area contributed by atoms with Gasteiger partial charge in [-0.15, -0.1) is 12.4 Å². The molecule has 0 radical (unpaired) electrons. The highest BCUT2D eigenvalue weighted by atomic mass is 35.5. The molecular formula is C18H27ClN2O4. The number of carbonyl (C=O) groups is 1. The van der Waals surface area contributed by atoms with Gasteiger partial charge in [-0.1, -0.05) is 12.1 Å². The summed E-state index contributed by atoms with van der Waals surface area (Å²) in [6.07, 6.45) is 1.44. The van der Waals surface area contributed by atoms with E-state index in [2.05, 4.69) is 10.6 Å². The number of nitrogens with one attached hydrogen (secondary N) is 2. The zero-order valence-corrected chi connectivity index (χ0v) is 15.4. The average Bonchev–Trinajstić information content (AvgIpc) is 3.08. The maximum absolute atomic E-state index is 12.1. The quantitative estimate of drug-likeness (QED) is 0.795. The van der Waals surface area contributed by atoms with Crippen molar-refractivity contribution in [3.8, 4) is 5.75 Å². The molecule has 6 nitrogen and oxygen atoms in total. The molecule has 2 atom stereocenters. The first-order valence-corrected chi connectivity index (χ1v) is 8.62. The maximum atomic E-state index is 12.1. The lowest BCUT2D eigenvalue weighted by Gasteiger charge is -2.23. The highest BCUT2D eigenvalue weighted by Gasteiger charge is 2.20. The van der Waals surface area contributed by atoms with E-state index in [0.717, 1.165) is 36.4 Å². The number of halogens is 1. The normalized spacial score (nSPS) is 22.9. The maximum Gasteiger partial charge on any atom is 0.221 e. The second-order valence-corrected chi connectivity index (χ2v) is 6.42. The van der Waals surface area contributed by atoms with Gasteiger partial charge in [0.1, 0.15) is 11.9 Å². The summed E-state index contributed by atoms with van der Waals surface area (Å²) in [5.74, 6) is 0.860. The Kier molecular flexibility index (Phi) is 7.96. The number of carbonyl (C=O) groups excluding carboxylic acids is 1. The first-order chi connectivity index (χ1) is 11.7. The Morgan fingerprint density at radius 3 is 2.88 bits per heavy atom. The number of rotatable bonds is 6. The van der Waals surface area contributed by atoms with Gasteiger partial charge < -0.3 is 24.8 Å². The van der Waals surface area contributed by atoms with Gasteiger partial charge in [-0.05, 0) is 18.6 Å². The number of amides is 1. The van der Waals surface area contributed by atoms with Crippen molar-refractivity contribution in [2.75, 3.05) is 33.0 Å². The summed E-state index contributed by atoms with van der Waals surface area (Å²) in [6, 6.07) is 6.18. The number of morpholine rings is 1. The highest BCUT2D eigenvalue weighted by molar-refractivity contribution is 5.85. The molecule has 25 heavy (non-hydrogen) atoms. The van der Waals surface area contributed by atoms with Crippen LogP contribution in [0.4, 0.5) is 0 Å². The fourth-order valence-electron chi connectivity index (χ4n) is 2.94. The standard InChI is InChI=1S/C18H26N2O4.ClH/c1-13-2-3-14(17(8-13)24-16-4-6-22-12-16)10-20-18(21)9-15-11-23-7-5-19-15;/h2-3,8,15-16,19H,4-7,9-12H2,1H3,(H,20,21);1H. The van der Waals surface area contributed by atoms with Gasteiger partial charge in [-0.2, -0.15) is 0 Å². The first-order valence-electron chi connectivity index (χ1n) is 8.62. The summed E-state index contributed by atoms with van der Waals surface area (Å²) < 4.78 is 16.8. The van der Waals surface area contributed by atoms with Gasteiger partial charge in [0.25, 0.3) is 0 Å². The van der Waals surface area contributed by atoms with Crippen molar-refractivity contribution in [2.45, 2.75) is 38.5 Å². The van der Waals surface area contributed by atoms with E-state index >= 15 is 0 Å². The third-order valence-corrected chi connectivity index (χ3v) is 4.31. The van der Waals surface area contributed by atoms with Crippen molar-refractivity contribution in [3.63, 3.8) is 0 Å². The first kappa shape index (κ1) is 20.0. The molecule has 2 saturated heterocycles. The van der Waals surface area contributed by atoms with Crippen molar-refractivity contribution in [1.29, 1.82) is 0 Å². The molecule has 2 aliphatic heterocycles. The molecule has 1 amide bonds. The van der Waals surface area contributed by atoms with Gasteiger partial charge in [0.05, 0.1) is 26.4 Å². The van der Waals surface area contributed by atoms with Gasteiger partial charge in [0, 0.05) is 37.5 Å². The molecule has 2 aliphatic rings. The molecule has 0 aromatic heterocycles. The third kappa shape index (κ3) is 6.15. The van der Waals surface area contributed by atoms with Gasteiger partial charge >= 0.3 is 0 Å². The summed E-state index contributed by atoms with van der Waals surface area (Å²) in [5, 5.41) is 6.28. The van der Waals surface area contributed by atoms with Gasteiger partial charge in [-0.3, -0.25) is 4.79 Å². The van der Waals surface area contributed by atoms with Crippen molar-refractivity contribution in [2.24, 2.45) is 0 Å². The third-order valence-electron chi connectivity index (χ3n) is 4.31. The fraction of sp³-hybridized carbons (Fsp3) is 0.611. The van der Waals surface area contributed by atoms with E-state index in [0.29, 0.717) is 32.8 Å². The van der Waals surface area contributed by atoms with Gasteiger partial charge in [-0.25, -0.2) is 0 Å². The SMILES string of the molecule is Cc1ccc(CNC(=O)CC2COCCN2)c(OC2CCOC2)c1.Cl. The summed E-state index contributed by atoms with van der Waals surface area (Å²) >= 11 is 0. The molecule has 2 N–H and O–H groups in total. The number of ether oxygens (including phenoxy) is 3. The largest absolute Gasteiger partial charge is 0.488 e. The van der Waals surface area contributed by atoms with Crippen LogP contribution in [0.15, 0.2) is 18.2 Å². The molecular weight excluding hydrogens is 344 g/mol. The lowest BCUT2D eigenvalue weighted by Crippen LogP contribution is -2.44. The molecule has 1 aromatic rings. The van der Waals surface area contributed by atoms with Crippen LogP contribution in [0, 0.1) is 6.92 Å². The van der Waals surface area contributed by atoms with Crippen LogP contribution < -0.4 is 15.4 Å². The van der Waals surface area contributed by atoms with E-state index in [1.54, 1.807) is 0 Å². The van der Waals surface area contributed by atoms with Crippen LogP contribution in [0.3, 0.4) is 0 Å². The van der Waals surface area contributed by atoms with Crippen molar-refractivity contribution >= 4 is 18.3 Å². The predicted octanol–water partition coefficient (Wildman–Crippen LogP) is 1.58. The Hall–Kier alpha value is -1.34. The zero-order valence-electron chi connectivity index (χ0n) is 14.6. The predicted molar refractivity (Wildman–Crippen MR) is 97.4 cm³/mol. The minimum Gasteiger partial charge on any atom is -0.488 e. The van der Waals surface area contributed by atoms with Crippen LogP contribution in [0.1, 0.15) is 24.0 Å². The molecule has 0 aliphatic carbocycles. The zero-order chi connectivity index (χ0) is 16.8. The fourth-order valence-corrected chi connectivity index (χ4v) is 2.94. The van der Waals surface area contributed by atoms with Crippen LogP contribution in [0.5, 0.6) is 5.75 Å². The minimum absolute atomic E-state index is 0. The van der Waals surface area contributed by atoms with E-state index in [1.807, 2.05) is 25.1 Å². The Bertz CT molecular complexity index is 558. The van der Waals surface area contributed by atoms with Crippen molar-refractivity contribution in [1.82, 2.24) is 10.6 Å². The van der Waals surface area contributed by atoms with E-state index in [-0.39, 0.29) is 30.5 Å². The second-order valence-electron chi connectivity index (χ2n) is 6.42. The summed E-state index contributed by atoms with van der Waals surface area (Å²) in [5.41, 5.74) is 2.14. The average molecular weight is 371 g/mol. The van der Waals surface area contributed by atoms with Crippen LogP contribution in [0.25, 0.3) is 0 Å². The topological polar surface area (TPSA) is 68.8 Å². The van der Waals surface area contributed by atoms with Crippen LogP contribution in [0.2, 0.25) is 0 Å². The van der Waals surface area contributed by atoms with Crippen LogP contribution in [-0.2, 0) is 20.8 Å². The van der Waals surface area contributed by atoms with Crippen LogP contribution in [-0.4, -0.2) is 51.0 Å². The molecule has 1 aromatic carbocycles. The Morgan fingerprint density at radius 2 is 2.16 bits per heavy atom. The molecule has 3 rings (SSSR count). The number of hydrogen-bond donors (Lipinski definition) is 2. The molecule has 2 fully saturated rings. The Balaban J connectivity index is 0.00000225. The number of aryl methyl sites for hydroxylation is 1. The molecule has 7 heteroatoms. The second kappa shape index (κ2) is 9.97. The van der Waals surface area contributed by atoms with Crippen LogP contribution >= 0.6 is 12.4 Å². The number of hydrogen-bond acceptors (Lipinski definition) is 5. The lowest BCUT2D eigenvalue weighted by molar-refractivity contribution is -0.122. The van der Waals surface area contributed by atoms with Crippen molar-refractivity contribution < 1.29 is 19.0 Å². The summed E-state index contributed by atoms with van der Waals surface area (Å²) in [6.45, 7) is 6.00. The Morgan fingerprint density at radius 1 is 1.32 bits per heavy atom. The molecule has 2 heterocycles.